The molecule has 0 radical (unpaired) electrons. The Morgan fingerprint density at radius 2 is 1.50 bits per heavy atom. The van der Waals surface area contributed by atoms with E-state index in [2.05, 4.69) is 0 Å². The fraction of sp³-hybridized carbons (Fsp3) is 0.333. The fourth-order valence-corrected chi connectivity index (χ4v) is 1.80. The first kappa shape index (κ1) is 13.6. The summed E-state index contributed by atoms with van der Waals surface area (Å²) in [5, 5.41) is 0. The average Bonchev–Trinajstić information content (AvgIpc) is 2.14. The molecule has 1 aromatic rings. The zero-order valence-electron chi connectivity index (χ0n) is 7.58. The molecule has 0 aliphatic heterocycles. The normalized spacial score (nSPS) is 12.9. The van der Waals surface area contributed by atoms with Crippen molar-refractivity contribution < 1.29 is 26.3 Å². The first-order chi connectivity index (χ1) is 7.16. The highest BCUT2D eigenvalue weighted by atomic mass is 127. The van der Waals surface area contributed by atoms with Crippen LogP contribution in [0.15, 0.2) is 18.2 Å². The molecule has 1 rings (SSSR count). The Morgan fingerprint density at radius 1 is 0.938 bits per heavy atom. The van der Waals surface area contributed by atoms with Crippen LogP contribution in [0.5, 0.6) is 0 Å². The van der Waals surface area contributed by atoms with E-state index in [-0.39, 0.29) is 16.1 Å². The van der Waals surface area contributed by atoms with Gasteiger partial charge >= 0.3 is 12.4 Å². The van der Waals surface area contributed by atoms with Gasteiger partial charge in [0.1, 0.15) is 0 Å². The van der Waals surface area contributed by atoms with Crippen molar-refractivity contribution in [2.24, 2.45) is 0 Å². The topological polar surface area (TPSA) is 0 Å². The van der Waals surface area contributed by atoms with E-state index < -0.39 is 23.5 Å². The van der Waals surface area contributed by atoms with Gasteiger partial charge in [-0.15, -0.1) is 0 Å². The lowest BCUT2D eigenvalue weighted by atomic mass is 10.0. The Kier molecular flexibility index (Phi) is 3.76. The number of hydrogen-bond acceptors (Lipinski definition) is 0. The number of hydrogen-bond donors (Lipinski definition) is 0. The molecule has 90 valence electrons. The van der Waals surface area contributed by atoms with Crippen molar-refractivity contribution >= 4 is 22.6 Å². The molecule has 1 aromatic carbocycles. The first-order valence-corrected chi connectivity index (χ1v) is 5.52. The van der Waals surface area contributed by atoms with Gasteiger partial charge in [0.25, 0.3) is 0 Å². The van der Waals surface area contributed by atoms with Crippen molar-refractivity contribution in [3.05, 3.63) is 34.9 Å². The Labute approximate surface area is 101 Å². The molecule has 0 saturated heterocycles. The fourth-order valence-electron chi connectivity index (χ4n) is 1.13. The minimum absolute atomic E-state index is 0.00470. The van der Waals surface area contributed by atoms with E-state index in [0.29, 0.717) is 6.07 Å². The van der Waals surface area contributed by atoms with Crippen LogP contribution in [0.25, 0.3) is 0 Å². The van der Waals surface area contributed by atoms with E-state index in [1.807, 2.05) is 0 Å². The monoisotopic (exact) mass is 354 g/mol. The molecule has 0 aromatic heterocycles. The van der Waals surface area contributed by atoms with E-state index in [1.54, 1.807) is 22.6 Å². The first-order valence-electron chi connectivity index (χ1n) is 3.99. The molecule has 0 nitrogen and oxygen atoms in total. The molecule has 7 heteroatoms. The molecule has 0 atom stereocenters. The minimum Gasteiger partial charge on any atom is -0.166 e. The summed E-state index contributed by atoms with van der Waals surface area (Å²) < 4.78 is 74.0. The summed E-state index contributed by atoms with van der Waals surface area (Å²) in [5.74, 6) is 0. The molecule has 0 unspecified atom stereocenters. The molecule has 0 N–H and O–H groups in total. The van der Waals surface area contributed by atoms with Gasteiger partial charge in [-0.05, 0) is 17.7 Å². The highest BCUT2D eigenvalue weighted by Gasteiger charge is 2.37. The quantitative estimate of drug-likeness (QED) is 0.391. The third kappa shape index (κ3) is 3.02. The smallest absolute Gasteiger partial charge is 0.166 e. The van der Waals surface area contributed by atoms with Gasteiger partial charge in [0.15, 0.2) is 0 Å². The summed E-state index contributed by atoms with van der Waals surface area (Å²) in [6.07, 6.45) is -9.52. The van der Waals surface area contributed by atoms with Crippen LogP contribution in [0.3, 0.4) is 0 Å². The highest BCUT2D eigenvalue weighted by molar-refractivity contribution is 14.1. The summed E-state index contributed by atoms with van der Waals surface area (Å²) in [6.45, 7) is 0. The van der Waals surface area contributed by atoms with Crippen molar-refractivity contribution in [3.63, 3.8) is 0 Å². The summed E-state index contributed by atoms with van der Waals surface area (Å²) in [6, 6.07) is 1.66. The van der Waals surface area contributed by atoms with Gasteiger partial charge in [0.05, 0.1) is 11.1 Å². The largest absolute Gasteiger partial charge is 0.416 e. The van der Waals surface area contributed by atoms with Gasteiger partial charge < -0.3 is 0 Å². The van der Waals surface area contributed by atoms with Crippen molar-refractivity contribution in [1.29, 1.82) is 0 Å². The lowest BCUT2D eigenvalue weighted by molar-refractivity contribution is -0.143. The summed E-state index contributed by atoms with van der Waals surface area (Å²) in [5.41, 5.74) is -2.66. The molecule has 0 heterocycles. The number of rotatable bonds is 1. The van der Waals surface area contributed by atoms with Gasteiger partial charge in [-0.3, -0.25) is 0 Å². The van der Waals surface area contributed by atoms with Crippen molar-refractivity contribution in [3.8, 4) is 0 Å². The molecule has 0 fully saturated rings. The lowest BCUT2D eigenvalue weighted by Gasteiger charge is -2.14. The average molecular weight is 354 g/mol. The van der Waals surface area contributed by atoms with E-state index in [9.17, 15) is 26.3 Å². The van der Waals surface area contributed by atoms with Crippen molar-refractivity contribution in [2.45, 2.75) is 16.8 Å². The molecular formula is C9H5F6I. The van der Waals surface area contributed by atoms with Crippen LogP contribution in [-0.2, 0) is 16.8 Å². The zero-order chi connectivity index (χ0) is 12.6. The number of halogens is 7. The second-order valence-corrected chi connectivity index (χ2v) is 3.76. The van der Waals surface area contributed by atoms with E-state index in [1.165, 1.54) is 0 Å². The van der Waals surface area contributed by atoms with Crippen LogP contribution in [0.1, 0.15) is 16.7 Å². The van der Waals surface area contributed by atoms with Gasteiger partial charge in [-0.25, -0.2) is 0 Å². The third-order valence-corrected chi connectivity index (χ3v) is 2.71. The van der Waals surface area contributed by atoms with Gasteiger partial charge in [-0.1, -0.05) is 28.7 Å². The lowest BCUT2D eigenvalue weighted by Crippen LogP contribution is -2.12. The van der Waals surface area contributed by atoms with Crippen LogP contribution in [0.2, 0.25) is 0 Å². The van der Waals surface area contributed by atoms with E-state index in [4.69, 9.17) is 0 Å². The maximum absolute atomic E-state index is 12.4. The molecule has 0 amide bonds. The molecule has 0 aliphatic rings. The SMILES string of the molecule is FC(F)(F)c1ccc(CI)c(C(F)(F)F)c1. The standard InChI is InChI=1S/C9H5F6I/c10-8(11,12)6-2-1-5(4-16)7(3-6)9(13,14)15/h1-3H,4H2. The molecular weight excluding hydrogens is 349 g/mol. The van der Waals surface area contributed by atoms with Crippen LogP contribution in [0, 0.1) is 0 Å². The van der Waals surface area contributed by atoms with E-state index in [0.717, 1.165) is 6.07 Å². The number of alkyl halides is 7. The summed E-state index contributed by atoms with van der Waals surface area (Å²) in [7, 11) is 0. The van der Waals surface area contributed by atoms with Crippen LogP contribution < -0.4 is 0 Å². The predicted octanol–water partition coefficient (Wildman–Crippen LogP) is 4.66. The Bertz CT molecular complexity index is 379. The van der Waals surface area contributed by atoms with E-state index >= 15 is 0 Å². The second-order valence-electron chi connectivity index (χ2n) is 3.00. The van der Waals surface area contributed by atoms with Crippen LogP contribution in [-0.4, -0.2) is 0 Å². The summed E-state index contributed by atoms with van der Waals surface area (Å²) in [4.78, 5) is 0. The predicted molar refractivity (Wildman–Crippen MR) is 54.2 cm³/mol. The Hall–Kier alpha value is -0.470. The van der Waals surface area contributed by atoms with Gasteiger partial charge in [0.2, 0.25) is 0 Å². The highest BCUT2D eigenvalue weighted by Crippen LogP contribution is 2.37. The van der Waals surface area contributed by atoms with Gasteiger partial charge in [0, 0.05) is 4.43 Å². The molecule has 0 aliphatic carbocycles. The summed E-state index contributed by atoms with van der Waals surface area (Å²) >= 11 is 1.67. The molecule has 0 bridgehead atoms. The maximum atomic E-state index is 12.4. The van der Waals surface area contributed by atoms with Crippen molar-refractivity contribution in [2.75, 3.05) is 0 Å². The zero-order valence-corrected chi connectivity index (χ0v) is 9.74. The Balaban J connectivity index is 3.34. The molecule has 16 heavy (non-hydrogen) atoms. The van der Waals surface area contributed by atoms with Crippen LogP contribution in [0.4, 0.5) is 26.3 Å². The minimum atomic E-state index is -4.76. The molecule has 0 saturated carbocycles. The molecule has 0 spiro atoms. The third-order valence-electron chi connectivity index (χ3n) is 1.89. The van der Waals surface area contributed by atoms with Gasteiger partial charge in [-0.2, -0.15) is 26.3 Å². The number of benzene rings is 1. The maximum Gasteiger partial charge on any atom is 0.416 e. The van der Waals surface area contributed by atoms with Crippen molar-refractivity contribution in [1.82, 2.24) is 0 Å². The second kappa shape index (κ2) is 4.42. The van der Waals surface area contributed by atoms with Crippen LogP contribution >= 0.6 is 22.6 Å². The Morgan fingerprint density at radius 3 is 1.88 bits per heavy atom.